The van der Waals surface area contributed by atoms with Crippen LogP contribution >= 0.6 is 0 Å². The van der Waals surface area contributed by atoms with Crippen molar-refractivity contribution in [3.8, 4) is 0 Å². The van der Waals surface area contributed by atoms with Crippen molar-refractivity contribution in [1.82, 2.24) is 4.90 Å². The molecule has 0 aromatic heterocycles. The molecule has 4 nitrogen and oxygen atoms in total. The highest BCUT2D eigenvalue weighted by molar-refractivity contribution is 5.80. The van der Waals surface area contributed by atoms with E-state index in [1.54, 1.807) is 0 Å². The van der Waals surface area contributed by atoms with Crippen LogP contribution in [0.2, 0.25) is 0 Å². The standard InChI is InChI=1S/C12H23N3O/c1-12(14)6-3-2-4-10(12)11(16)15-7-5-9(13)8-15/h9-10H,2-8,13-14H2,1H3/t9-,10?,12?/m0/s1. The molecule has 0 aromatic carbocycles. The molecule has 2 aliphatic rings. The van der Waals surface area contributed by atoms with Crippen LogP contribution in [0.15, 0.2) is 0 Å². The SMILES string of the molecule is CC1(N)CCCCC1C(=O)N1CC[C@H](N)C1. The van der Waals surface area contributed by atoms with Gasteiger partial charge in [-0.15, -0.1) is 0 Å². The van der Waals surface area contributed by atoms with Gasteiger partial charge in [0.25, 0.3) is 0 Å². The average molecular weight is 225 g/mol. The number of carbonyl (C=O) groups excluding carboxylic acids is 1. The summed E-state index contributed by atoms with van der Waals surface area (Å²) in [5.41, 5.74) is 11.8. The van der Waals surface area contributed by atoms with E-state index in [4.69, 9.17) is 11.5 Å². The van der Waals surface area contributed by atoms with E-state index in [1.165, 1.54) is 0 Å². The Hall–Kier alpha value is -0.610. The molecule has 0 radical (unpaired) electrons. The van der Waals surface area contributed by atoms with E-state index in [9.17, 15) is 4.79 Å². The highest BCUT2D eigenvalue weighted by Crippen LogP contribution is 2.33. The molecule has 4 N–H and O–H groups in total. The van der Waals surface area contributed by atoms with Crippen LogP contribution in [0, 0.1) is 5.92 Å². The Balaban J connectivity index is 2.03. The number of amides is 1. The molecule has 1 saturated carbocycles. The third-order valence-corrected chi connectivity index (χ3v) is 4.09. The molecule has 1 aliphatic carbocycles. The Morgan fingerprint density at radius 1 is 1.38 bits per heavy atom. The van der Waals surface area contributed by atoms with E-state index in [1.807, 2.05) is 11.8 Å². The Morgan fingerprint density at radius 3 is 2.69 bits per heavy atom. The van der Waals surface area contributed by atoms with Gasteiger partial charge < -0.3 is 16.4 Å². The molecule has 1 aliphatic heterocycles. The predicted octanol–water partition coefficient (Wildman–Crippen LogP) is 0.454. The lowest BCUT2D eigenvalue weighted by atomic mass is 9.74. The number of rotatable bonds is 1. The lowest BCUT2D eigenvalue weighted by Gasteiger charge is -2.39. The summed E-state index contributed by atoms with van der Waals surface area (Å²) >= 11 is 0. The minimum atomic E-state index is -0.317. The Labute approximate surface area is 97.3 Å². The monoisotopic (exact) mass is 225 g/mol. The zero-order chi connectivity index (χ0) is 11.8. The summed E-state index contributed by atoms with van der Waals surface area (Å²) in [4.78, 5) is 14.3. The second-order valence-corrected chi connectivity index (χ2v) is 5.64. The molecule has 1 saturated heterocycles. The molecule has 0 bridgehead atoms. The third-order valence-electron chi connectivity index (χ3n) is 4.09. The van der Waals surface area contributed by atoms with Gasteiger partial charge in [0, 0.05) is 24.7 Å². The molecule has 0 spiro atoms. The Bertz CT molecular complexity index is 277. The summed E-state index contributed by atoms with van der Waals surface area (Å²) < 4.78 is 0. The molecule has 2 fully saturated rings. The van der Waals surface area contributed by atoms with Gasteiger partial charge in [0.1, 0.15) is 0 Å². The number of nitrogens with two attached hydrogens (primary N) is 2. The summed E-state index contributed by atoms with van der Waals surface area (Å²) in [6.07, 6.45) is 5.11. The Kier molecular flexibility index (Phi) is 3.22. The maximum absolute atomic E-state index is 12.4. The van der Waals surface area contributed by atoms with Crippen LogP contribution in [-0.2, 0) is 4.79 Å². The lowest BCUT2D eigenvalue weighted by molar-refractivity contribution is -0.137. The average Bonchev–Trinajstić information content (AvgIpc) is 2.63. The minimum Gasteiger partial charge on any atom is -0.341 e. The first-order valence-corrected chi connectivity index (χ1v) is 6.34. The maximum atomic E-state index is 12.4. The molecule has 2 unspecified atom stereocenters. The molecule has 1 heterocycles. The molecule has 0 aromatic rings. The number of hydrogen-bond donors (Lipinski definition) is 2. The maximum Gasteiger partial charge on any atom is 0.227 e. The highest BCUT2D eigenvalue weighted by atomic mass is 16.2. The van der Waals surface area contributed by atoms with Crippen molar-refractivity contribution in [2.75, 3.05) is 13.1 Å². The molecule has 4 heteroatoms. The molecule has 92 valence electrons. The van der Waals surface area contributed by atoms with E-state index in [0.717, 1.165) is 38.6 Å². The van der Waals surface area contributed by atoms with Gasteiger partial charge in [0.15, 0.2) is 0 Å². The smallest absolute Gasteiger partial charge is 0.227 e. The zero-order valence-corrected chi connectivity index (χ0v) is 10.1. The number of likely N-dealkylation sites (tertiary alicyclic amines) is 1. The highest BCUT2D eigenvalue weighted by Gasteiger charge is 2.40. The first-order chi connectivity index (χ1) is 7.50. The molecule has 3 atom stereocenters. The van der Waals surface area contributed by atoms with Crippen molar-refractivity contribution in [1.29, 1.82) is 0 Å². The van der Waals surface area contributed by atoms with Crippen LogP contribution in [-0.4, -0.2) is 35.5 Å². The normalized spacial score (nSPS) is 40.1. The van der Waals surface area contributed by atoms with Crippen LogP contribution in [0.1, 0.15) is 39.0 Å². The summed E-state index contributed by atoms with van der Waals surface area (Å²) in [6.45, 7) is 3.54. The fourth-order valence-corrected chi connectivity index (χ4v) is 2.97. The van der Waals surface area contributed by atoms with Gasteiger partial charge in [-0.2, -0.15) is 0 Å². The molecular formula is C12H23N3O. The van der Waals surface area contributed by atoms with Gasteiger partial charge in [0.2, 0.25) is 5.91 Å². The van der Waals surface area contributed by atoms with Gasteiger partial charge in [-0.3, -0.25) is 4.79 Å². The van der Waals surface area contributed by atoms with Crippen molar-refractivity contribution in [3.05, 3.63) is 0 Å². The largest absolute Gasteiger partial charge is 0.341 e. The predicted molar refractivity (Wildman–Crippen MR) is 63.7 cm³/mol. The van der Waals surface area contributed by atoms with Crippen molar-refractivity contribution in [2.24, 2.45) is 17.4 Å². The van der Waals surface area contributed by atoms with Crippen molar-refractivity contribution >= 4 is 5.91 Å². The summed E-state index contributed by atoms with van der Waals surface area (Å²) in [6, 6.07) is 0.163. The minimum absolute atomic E-state index is 0.00606. The van der Waals surface area contributed by atoms with Crippen molar-refractivity contribution in [3.63, 3.8) is 0 Å². The van der Waals surface area contributed by atoms with Crippen molar-refractivity contribution < 1.29 is 4.79 Å². The van der Waals surface area contributed by atoms with E-state index in [2.05, 4.69) is 0 Å². The summed E-state index contributed by atoms with van der Waals surface area (Å²) in [5, 5.41) is 0. The molecule has 16 heavy (non-hydrogen) atoms. The van der Waals surface area contributed by atoms with Gasteiger partial charge in [-0.25, -0.2) is 0 Å². The van der Waals surface area contributed by atoms with Crippen molar-refractivity contribution in [2.45, 2.75) is 50.6 Å². The Morgan fingerprint density at radius 2 is 2.12 bits per heavy atom. The van der Waals surface area contributed by atoms with Crippen LogP contribution in [0.25, 0.3) is 0 Å². The second kappa shape index (κ2) is 4.34. The summed E-state index contributed by atoms with van der Waals surface area (Å²) in [7, 11) is 0. The van der Waals surface area contributed by atoms with E-state index >= 15 is 0 Å². The number of nitrogens with zero attached hydrogens (tertiary/aromatic N) is 1. The van der Waals surface area contributed by atoms with Crippen LogP contribution in [0.3, 0.4) is 0 Å². The van der Waals surface area contributed by atoms with Crippen LogP contribution < -0.4 is 11.5 Å². The fourth-order valence-electron chi connectivity index (χ4n) is 2.97. The number of hydrogen-bond acceptors (Lipinski definition) is 3. The lowest BCUT2D eigenvalue weighted by Crippen LogP contribution is -2.53. The first kappa shape index (κ1) is 11.9. The van der Waals surface area contributed by atoms with E-state index in [-0.39, 0.29) is 23.4 Å². The molecule has 1 amide bonds. The van der Waals surface area contributed by atoms with Crippen LogP contribution in [0.4, 0.5) is 0 Å². The van der Waals surface area contributed by atoms with Gasteiger partial charge in [0.05, 0.1) is 5.92 Å². The molecule has 2 rings (SSSR count). The van der Waals surface area contributed by atoms with Crippen LogP contribution in [0.5, 0.6) is 0 Å². The second-order valence-electron chi connectivity index (χ2n) is 5.64. The van der Waals surface area contributed by atoms with E-state index in [0.29, 0.717) is 6.54 Å². The van der Waals surface area contributed by atoms with E-state index < -0.39 is 0 Å². The van der Waals surface area contributed by atoms with Gasteiger partial charge in [-0.05, 0) is 26.2 Å². The van der Waals surface area contributed by atoms with Gasteiger partial charge >= 0.3 is 0 Å². The topological polar surface area (TPSA) is 72.4 Å². The zero-order valence-electron chi connectivity index (χ0n) is 10.1. The molecular weight excluding hydrogens is 202 g/mol. The first-order valence-electron chi connectivity index (χ1n) is 6.34. The number of carbonyl (C=O) groups is 1. The van der Waals surface area contributed by atoms with Gasteiger partial charge in [-0.1, -0.05) is 12.8 Å². The fraction of sp³-hybridized carbons (Fsp3) is 0.917. The quantitative estimate of drug-likeness (QED) is 0.680. The third kappa shape index (κ3) is 2.23. The summed E-state index contributed by atoms with van der Waals surface area (Å²) in [5.74, 6) is 0.240.